The maximum Gasteiger partial charge on any atom is 0.417 e. The Labute approximate surface area is 138 Å². The number of sulfonamides is 1. The second-order valence-electron chi connectivity index (χ2n) is 5.11. The third-order valence-corrected chi connectivity index (χ3v) is 5.61. The molecule has 0 spiro atoms. The molecule has 1 aliphatic heterocycles. The summed E-state index contributed by atoms with van der Waals surface area (Å²) in [5, 5.41) is 2.83. The highest BCUT2D eigenvalue weighted by Crippen LogP contribution is 2.37. The second-order valence-corrected chi connectivity index (χ2v) is 6.97. The van der Waals surface area contributed by atoms with E-state index >= 15 is 0 Å². The second kappa shape index (κ2) is 7.33. The maximum atomic E-state index is 13.1. The fourth-order valence-corrected chi connectivity index (χ4v) is 4.53. The highest BCUT2D eigenvalue weighted by Gasteiger charge is 2.42. The molecule has 1 heterocycles. The van der Waals surface area contributed by atoms with Crippen LogP contribution in [0.15, 0.2) is 23.1 Å². The Morgan fingerprint density at radius 3 is 2.57 bits per heavy atom. The number of nitrogens with one attached hydrogen (secondary N) is 1. The van der Waals surface area contributed by atoms with Gasteiger partial charge in [-0.2, -0.15) is 17.5 Å². The predicted octanol–water partition coefficient (Wildman–Crippen LogP) is 2.64. The fourth-order valence-electron chi connectivity index (χ4n) is 2.64. The molecule has 10 heteroatoms. The van der Waals surface area contributed by atoms with E-state index in [1.54, 1.807) is 7.05 Å². The van der Waals surface area contributed by atoms with Gasteiger partial charge in [-0.05, 0) is 38.1 Å². The van der Waals surface area contributed by atoms with Crippen LogP contribution in [-0.4, -0.2) is 38.9 Å². The summed E-state index contributed by atoms with van der Waals surface area (Å²) in [6.07, 6.45) is -3.79. The predicted molar refractivity (Wildman–Crippen MR) is 79.5 cm³/mol. The van der Waals surface area contributed by atoms with Crippen molar-refractivity contribution in [3.05, 3.63) is 29.6 Å². The molecule has 0 radical (unpaired) electrons. The van der Waals surface area contributed by atoms with Crippen molar-refractivity contribution in [1.29, 1.82) is 0 Å². The molecule has 0 amide bonds. The minimum Gasteiger partial charge on any atom is -0.318 e. The fraction of sp³-hybridized carbons (Fsp3) is 0.538. The van der Waals surface area contributed by atoms with Crippen LogP contribution in [0.4, 0.5) is 17.6 Å². The van der Waals surface area contributed by atoms with Gasteiger partial charge in [0, 0.05) is 19.1 Å². The van der Waals surface area contributed by atoms with Crippen molar-refractivity contribution in [2.75, 3.05) is 20.1 Å². The first-order valence-electron chi connectivity index (χ1n) is 6.71. The van der Waals surface area contributed by atoms with E-state index in [9.17, 15) is 26.0 Å². The lowest BCUT2D eigenvalue weighted by Gasteiger charge is -2.25. The number of alkyl halides is 3. The molecule has 132 valence electrons. The quantitative estimate of drug-likeness (QED) is 0.822. The lowest BCUT2D eigenvalue weighted by molar-refractivity contribution is -0.140. The van der Waals surface area contributed by atoms with Crippen molar-refractivity contribution < 1.29 is 26.0 Å². The molecule has 1 unspecified atom stereocenters. The maximum absolute atomic E-state index is 13.1. The zero-order valence-corrected chi connectivity index (χ0v) is 13.9. The van der Waals surface area contributed by atoms with Crippen LogP contribution in [0.1, 0.15) is 18.4 Å². The van der Waals surface area contributed by atoms with Crippen LogP contribution in [0.3, 0.4) is 0 Å². The molecule has 1 saturated heterocycles. The van der Waals surface area contributed by atoms with Crippen LogP contribution in [0.25, 0.3) is 0 Å². The number of rotatable bonds is 4. The number of halogens is 5. The number of hydrogen-bond donors (Lipinski definition) is 1. The van der Waals surface area contributed by atoms with Gasteiger partial charge in [0.05, 0.1) is 10.5 Å². The third-order valence-electron chi connectivity index (χ3n) is 3.60. The minimum absolute atomic E-state index is 0. The molecule has 23 heavy (non-hydrogen) atoms. The Kier molecular flexibility index (Phi) is 6.42. The topological polar surface area (TPSA) is 49.4 Å². The lowest BCUT2D eigenvalue weighted by atomic mass is 10.2. The van der Waals surface area contributed by atoms with Gasteiger partial charge in [-0.3, -0.25) is 0 Å². The van der Waals surface area contributed by atoms with Gasteiger partial charge >= 0.3 is 6.18 Å². The molecule has 1 N–H and O–H groups in total. The lowest BCUT2D eigenvalue weighted by Crippen LogP contribution is -2.41. The van der Waals surface area contributed by atoms with Gasteiger partial charge < -0.3 is 5.32 Å². The normalized spacial score (nSPS) is 19.6. The van der Waals surface area contributed by atoms with E-state index in [2.05, 4.69) is 5.32 Å². The van der Waals surface area contributed by atoms with E-state index in [-0.39, 0.29) is 25.0 Å². The molecule has 0 aliphatic carbocycles. The van der Waals surface area contributed by atoms with Gasteiger partial charge in [0.1, 0.15) is 5.82 Å². The van der Waals surface area contributed by atoms with Crippen LogP contribution in [0.2, 0.25) is 0 Å². The molecular weight excluding hydrogens is 360 g/mol. The summed E-state index contributed by atoms with van der Waals surface area (Å²) in [6.45, 7) is 0.505. The van der Waals surface area contributed by atoms with Gasteiger partial charge in [-0.1, -0.05) is 0 Å². The molecule has 1 aliphatic rings. The Bertz CT molecular complexity index is 652. The van der Waals surface area contributed by atoms with E-state index in [1.807, 2.05) is 0 Å². The van der Waals surface area contributed by atoms with E-state index in [0.29, 0.717) is 25.5 Å². The highest BCUT2D eigenvalue weighted by molar-refractivity contribution is 7.89. The molecular formula is C13H17ClF4N2O2S. The summed E-state index contributed by atoms with van der Waals surface area (Å²) in [6, 6.07) is 1.23. The summed E-state index contributed by atoms with van der Waals surface area (Å²) < 4.78 is 78.4. The first-order valence-corrected chi connectivity index (χ1v) is 8.15. The van der Waals surface area contributed by atoms with E-state index in [1.165, 1.54) is 0 Å². The summed E-state index contributed by atoms with van der Waals surface area (Å²) >= 11 is 0. The number of benzene rings is 1. The van der Waals surface area contributed by atoms with E-state index in [0.717, 1.165) is 10.4 Å². The Morgan fingerprint density at radius 1 is 1.35 bits per heavy atom. The molecule has 0 bridgehead atoms. The van der Waals surface area contributed by atoms with Crippen LogP contribution in [0, 0.1) is 5.82 Å². The molecule has 2 rings (SSSR count). The van der Waals surface area contributed by atoms with Crippen molar-refractivity contribution in [2.24, 2.45) is 0 Å². The smallest absolute Gasteiger partial charge is 0.318 e. The molecule has 1 atom stereocenters. The van der Waals surface area contributed by atoms with Crippen molar-refractivity contribution in [1.82, 2.24) is 9.62 Å². The van der Waals surface area contributed by atoms with Gasteiger partial charge in [-0.15, -0.1) is 12.4 Å². The zero-order valence-electron chi connectivity index (χ0n) is 12.2. The average molecular weight is 377 g/mol. The standard InChI is InChI=1S/C13H16F4N2O2S.ClH/c1-18-8-10-3-2-6-19(10)22(20,21)12-5-4-9(14)7-11(12)13(15,16)17;/h4-5,7,10,18H,2-3,6,8H2,1H3;1H. The van der Waals surface area contributed by atoms with Gasteiger partial charge in [0.15, 0.2) is 0 Å². The molecule has 0 saturated carbocycles. The van der Waals surface area contributed by atoms with E-state index < -0.39 is 38.5 Å². The number of nitrogens with zero attached hydrogens (tertiary/aromatic N) is 1. The van der Waals surface area contributed by atoms with Gasteiger partial charge in [-0.25, -0.2) is 12.8 Å². The summed E-state index contributed by atoms with van der Waals surface area (Å²) in [5.41, 5.74) is -1.47. The molecule has 1 aromatic rings. The van der Waals surface area contributed by atoms with Crippen molar-refractivity contribution in [3.8, 4) is 0 Å². The molecule has 1 fully saturated rings. The van der Waals surface area contributed by atoms with Crippen LogP contribution in [-0.2, 0) is 16.2 Å². The molecule has 1 aromatic carbocycles. The van der Waals surface area contributed by atoms with E-state index in [4.69, 9.17) is 0 Å². The monoisotopic (exact) mass is 376 g/mol. The minimum atomic E-state index is -4.94. The van der Waals surface area contributed by atoms with Gasteiger partial charge in [0.25, 0.3) is 0 Å². The van der Waals surface area contributed by atoms with Crippen LogP contribution < -0.4 is 5.32 Å². The number of hydrogen-bond acceptors (Lipinski definition) is 3. The zero-order chi connectivity index (χ0) is 16.5. The largest absolute Gasteiger partial charge is 0.417 e. The Hall–Kier alpha value is -0.900. The average Bonchev–Trinajstić information content (AvgIpc) is 2.87. The molecule has 4 nitrogen and oxygen atoms in total. The van der Waals surface area contributed by atoms with Crippen molar-refractivity contribution in [3.63, 3.8) is 0 Å². The Morgan fingerprint density at radius 2 is 2.00 bits per heavy atom. The summed E-state index contributed by atoms with van der Waals surface area (Å²) in [4.78, 5) is -0.899. The van der Waals surface area contributed by atoms with Crippen molar-refractivity contribution >= 4 is 22.4 Å². The first kappa shape index (κ1) is 20.1. The highest BCUT2D eigenvalue weighted by atomic mass is 35.5. The van der Waals surface area contributed by atoms with Crippen LogP contribution >= 0.6 is 12.4 Å². The van der Waals surface area contributed by atoms with Crippen LogP contribution in [0.5, 0.6) is 0 Å². The number of likely N-dealkylation sites (N-methyl/N-ethyl adjacent to an activating group) is 1. The third kappa shape index (κ3) is 4.14. The summed E-state index contributed by atoms with van der Waals surface area (Å²) in [7, 11) is -2.69. The molecule has 0 aromatic heterocycles. The van der Waals surface area contributed by atoms with Gasteiger partial charge in [0.2, 0.25) is 10.0 Å². The Balaban J connectivity index is 0.00000264. The van der Waals surface area contributed by atoms with Crippen molar-refractivity contribution in [2.45, 2.75) is 30.0 Å². The first-order chi connectivity index (χ1) is 10.2. The SMILES string of the molecule is CNCC1CCCN1S(=O)(=O)c1ccc(F)cc1C(F)(F)F.Cl. The summed E-state index contributed by atoms with van der Waals surface area (Å²) in [5.74, 6) is -1.13.